The van der Waals surface area contributed by atoms with Gasteiger partial charge in [0.1, 0.15) is 5.69 Å². The Bertz CT molecular complexity index is 607. The smallest absolute Gasteiger partial charge is 0.354 e. The average Bonchev–Trinajstić information content (AvgIpc) is 2.57. The third-order valence-electron chi connectivity index (χ3n) is 2.67. The van der Waals surface area contributed by atoms with Crippen LogP contribution in [0.2, 0.25) is 5.02 Å². The maximum Gasteiger partial charge on any atom is 0.354 e. The van der Waals surface area contributed by atoms with Gasteiger partial charge in [-0.1, -0.05) is 11.6 Å². The van der Waals surface area contributed by atoms with E-state index in [4.69, 9.17) is 16.7 Å². The maximum absolute atomic E-state index is 10.8. The van der Waals surface area contributed by atoms with Gasteiger partial charge in [0.05, 0.1) is 23.0 Å². The molecule has 0 spiro atoms. The SMILES string of the molecule is Cc1nn(Cc2ccnc(C(=O)O)c2)c(C)c1Cl. The lowest BCUT2D eigenvalue weighted by atomic mass is 10.2. The predicted molar refractivity (Wildman–Crippen MR) is 67.0 cm³/mol. The van der Waals surface area contributed by atoms with Crippen molar-refractivity contribution in [3.8, 4) is 0 Å². The second-order valence-corrected chi connectivity index (χ2v) is 4.37. The lowest BCUT2D eigenvalue weighted by Crippen LogP contribution is -2.06. The summed E-state index contributed by atoms with van der Waals surface area (Å²) in [7, 11) is 0. The minimum Gasteiger partial charge on any atom is -0.477 e. The molecule has 0 unspecified atom stereocenters. The van der Waals surface area contributed by atoms with Gasteiger partial charge in [-0.05, 0) is 31.5 Å². The second-order valence-electron chi connectivity index (χ2n) is 4.00. The lowest BCUT2D eigenvalue weighted by molar-refractivity contribution is 0.0690. The van der Waals surface area contributed by atoms with Gasteiger partial charge in [-0.2, -0.15) is 5.10 Å². The Kier molecular flexibility index (Phi) is 3.34. The van der Waals surface area contributed by atoms with Gasteiger partial charge in [0.25, 0.3) is 0 Å². The summed E-state index contributed by atoms with van der Waals surface area (Å²) in [5, 5.41) is 13.8. The highest BCUT2D eigenvalue weighted by Crippen LogP contribution is 2.19. The van der Waals surface area contributed by atoms with Crippen molar-refractivity contribution < 1.29 is 9.90 Å². The highest BCUT2D eigenvalue weighted by molar-refractivity contribution is 6.31. The van der Waals surface area contributed by atoms with E-state index in [-0.39, 0.29) is 5.69 Å². The molecule has 2 aromatic rings. The number of pyridine rings is 1. The fourth-order valence-electron chi connectivity index (χ4n) is 1.69. The molecule has 6 heteroatoms. The molecule has 0 aliphatic heterocycles. The quantitative estimate of drug-likeness (QED) is 0.925. The summed E-state index contributed by atoms with van der Waals surface area (Å²) in [4.78, 5) is 14.6. The Morgan fingerprint density at radius 2 is 2.22 bits per heavy atom. The molecule has 2 rings (SSSR count). The molecule has 0 aliphatic rings. The monoisotopic (exact) mass is 265 g/mol. The van der Waals surface area contributed by atoms with Crippen LogP contribution in [0.1, 0.15) is 27.4 Å². The third kappa shape index (κ3) is 2.36. The van der Waals surface area contributed by atoms with Crippen molar-refractivity contribution in [1.29, 1.82) is 0 Å². The van der Waals surface area contributed by atoms with Gasteiger partial charge >= 0.3 is 5.97 Å². The first-order valence-corrected chi connectivity index (χ1v) is 5.74. The van der Waals surface area contributed by atoms with E-state index in [2.05, 4.69) is 10.1 Å². The average molecular weight is 266 g/mol. The summed E-state index contributed by atoms with van der Waals surface area (Å²) in [6, 6.07) is 3.30. The molecule has 18 heavy (non-hydrogen) atoms. The number of hydrogen-bond donors (Lipinski definition) is 1. The van der Waals surface area contributed by atoms with Crippen LogP contribution in [0, 0.1) is 13.8 Å². The van der Waals surface area contributed by atoms with Gasteiger partial charge in [0.15, 0.2) is 0 Å². The van der Waals surface area contributed by atoms with Crippen molar-refractivity contribution >= 4 is 17.6 Å². The summed E-state index contributed by atoms with van der Waals surface area (Å²) in [6.45, 7) is 4.19. The van der Waals surface area contributed by atoms with Gasteiger partial charge in [-0.15, -0.1) is 0 Å². The molecule has 2 heterocycles. The van der Waals surface area contributed by atoms with Crippen molar-refractivity contribution in [2.75, 3.05) is 0 Å². The number of carboxylic acids is 1. The number of halogens is 1. The van der Waals surface area contributed by atoms with Crippen LogP contribution >= 0.6 is 11.6 Å². The van der Waals surface area contributed by atoms with Crippen molar-refractivity contribution in [2.24, 2.45) is 0 Å². The molecule has 0 amide bonds. The summed E-state index contributed by atoms with van der Waals surface area (Å²) < 4.78 is 1.75. The molecule has 0 radical (unpaired) electrons. The highest BCUT2D eigenvalue weighted by atomic mass is 35.5. The lowest BCUT2D eigenvalue weighted by Gasteiger charge is -2.05. The Morgan fingerprint density at radius 1 is 1.50 bits per heavy atom. The number of carbonyl (C=O) groups is 1. The molecule has 1 N–H and O–H groups in total. The van der Waals surface area contributed by atoms with Crippen molar-refractivity contribution in [3.63, 3.8) is 0 Å². The number of hydrogen-bond acceptors (Lipinski definition) is 3. The van der Waals surface area contributed by atoms with Crippen LogP contribution in [-0.4, -0.2) is 25.8 Å². The van der Waals surface area contributed by atoms with Crippen molar-refractivity contribution in [3.05, 3.63) is 46.0 Å². The third-order valence-corrected chi connectivity index (χ3v) is 3.22. The fraction of sp³-hybridized carbons (Fsp3) is 0.250. The van der Waals surface area contributed by atoms with Gasteiger partial charge in [0, 0.05) is 6.20 Å². The molecule has 2 aromatic heterocycles. The number of aryl methyl sites for hydroxylation is 1. The normalized spacial score (nSPS) is 10.6. The van der Waals surface area contributed by atoms with Crippen LogP contribution in [-0.2, 0) is 6.54 Å². The van der Waals surface area contributed by atoms with E-state index in [1.807, 2.05) is 13.8 Å². The Balaban J connectivity index is 2.31. The molecular weight excluding hydrogens is 254 g/mol. The van der Waals surface area contributed by atoms with E-state index < -0.39 is 5.97 Å². The number of aromatic carboxylic acids is 1. The van der Waals surface area contributed by atoms with Crippen LogP contribution in [0.4, 0.5) is 0 Å². The Hall–Kier alpha value is -1.88. The van der Waals surface area contributed by atoms with Crippen molar-refractivity contribution in [2.45, 2.75) is 20.4 Å². The summed E-state index contributed by atoms with van der Waals surface area (Å²) in [5.41, 5.74) is 2.48. The molecule has 0 atom stereocenters. The van der Waals surface area contributed by atoms with E-state index >= 15 is 0 Å². The first-order chi connectivity index (χ1) is 8.49. The van der Waals surface area contributed by atoms with Crippen LogP contribution in [0.25, 0.3) is 0 Å². The molecule has 0 aromatic carbocycles. The predicted octanol–water partition coefficient (Wildman–Crippen LogP) is 2.29. The van der Waals surface area contributed by atoms with E-state index in [0.717, 1.165) is 17.0 Å². The zero-order valence-corrected chi connectivity index (χ0v) is 10.8. The van der Waals surface area contributed by atoms with Crippen LogP contribution in [0.5, 0.6) is 0 Å². The maximum atomic E-state index is 10.8. The highest BCUT2D eigenvalue weighted by Gasteiger charge is 2.10. The topological polar surface area (TPSA) is 68.0 Å². The van der Waals surface area contributed by atoms with Crippen LogP contribution < -0.4 is 0 Å². The molecule has 0 saturated heterocycles. The standard InChI is InChI=1S/C12H12ClN3O2/c1-7-11(13)8(2)16(15-7)6-9-3-4-14-10(5-9)12(17)18/h3-5H,6H2,1-2H3,(H,17,18). The molecule has 0 bridgehead atoms. The summed E-state index contributed by atoms with van der Waals surface area (Å²) in [6.07, 6.45) is 1.48. The molecular formula is C12H12ClN3O2. The molecule has 0 aliphatic carbocycles. The Labute approximate surface area is 109 Å². The zero-order chi connectivity index (χ0) is 13.3. The van der Waals surface area contributed by atoms with Gasteiger partial charge in [-0.25, -0.2) is 9.78 Å². The first kappa shape index (κ1) is 12.6. The second kappa shape index (κ2) is 4.78. The molecule has 0 fully saturated rings. The Morgan fingerprint density at radius 3 is 2.78 bits per heavy atom. The van der Waals surface area contributed by atoms with E-state index in [9.17, 15) is 4.79 Å². The molecule has 94 valence electrons. The number of carboxylic acid groups (broad SMARTS) is 1. The van der Waals surface area contributed by atoms with Gasteiger partial charge < -0.3 is 5.11 Å². The van der Waals surface area contributed by atoms with Crippen LogP contribution in [0.3, 0.4) is 0 Å². The molecule has 0 saturated carbocycles. The largest absolute Gasteiger partial charge is 0.477 e. The minimum atomic E-state index is -1.04. The number of rotatable bonds is 3. The number of aromatic nitrogens is 3. The minimum absolute atomic E-state index is 0.0279. The zero-order valence-electron chi connectivity index (χ0n) is 10.0. The van der Waals surface area contributed by atoms with E-state index in [1.165, 1.54) is 12.3 Å². The first-order valence-electron chi connectivity index (χ1n) is 5.36. The summed E-state index contributed by atoms with van der Waals surface area (Å²) in [5.74, 6) is -1.04. The fourth-order valence-corrected chi connectivity index (χ4v) is 1.83. The number of nitrogens with zero attached hydrogens (tertiary/aromatic N) is 3. The summed E-state index contributed by atoms with van der Waals surface area (Å²) >= 11 is 6.06. The van der Waals surface area contributed by atoms with Gasteiger partial charge in [-0.3, -0.25) is 4.68 Å². The van der Waals surface area contributed by atoms with E-state index in [0.29, 0.717) is 11.6 Å². The van der Waals surface area contributed by atoms with E-state index in [1.54, 1.807) is 10.7 Å². The van der Waals surface area contributed by atoms with Crippen LogP contribution in [0.15, 0.2) is 18.3 Å². The molecule has 5 nitrogen and oxygen atoms in total. The van der Waals surface area contributed by atoms with Crippen molar-refractivity contribution in [1.82, 2.24) is 14.8 Å². The van der Waals surface area contributed by atoms with Gasteiger partial charge in [0.2, 0.25) is 0 Å².